The van der Waals surface area contributed by atoms with Crippen LogP contribution in [-0.4, -0.2) is 38.3 Å². The molecule has 8 heteroatoms. The Balaban J connectivity index is 1.73. The number of hydrogen-bond donors (Lipinski definition) is 2. The van der Waals surface area contributed by atoms with Crippen molar-refractivity contribution < 1.29 is 17.9 Å². The highest BCUT2D eigenvalue weighted by molar-refractivity contribution is 5.69. The highest BCUT2D eigenvalue weighted by Crippen LogP contribution is 2.34. The van der Waals surface area contributed by atoms with E-state index in [1.54, 1.807) is 7.11 Å². The van der Waals surface area contributed by atoms with E-state index in [2.05, 4.69) is 20.5 Å². The minimum atomic E-state index is -4.40. The number of piperidine rings is 1. The van der Waals surface area contributed by atoms with E-state index in [1.165, 1.54) is 6.07 Å². The number of halogens is 3. The maximum Gasteiger partial charge on any atom is 0.417 e. The third-order valence-electron chi connectivity index (χ3n) is 4.81. The molecular weight excluding hydrogens is 357 g/mol. The van der Waals surface area contributed by atoms with Gasteiger partial charge in [0.05, 0.1) is 18.4 Å². The number of pyridine rings is 1. The molecule has 0 aliphatic carbocycles. The van der Waals surface area contributed by atoms with Crippen molar-refractivity contribution in [1.29, 1.82) is 0 Å². The monoisotopic (exact) mass is 380 g/mol. The Kier molecular flexibility index (Phi) is 5.74. The summed E-state index contributed by atoms with van der Waals surface area (Å²) in [5.74, 6) is 0.939. The molecule has 1 saturated heterocycles. The van der Waals surface area contributed by atoms with Gasteiger partial charge in [-0.3, -0.25) is 0 Å². The Morgan fingerprint density at radius 2 is 1.89 bits per heavy atom. The van der Waals surface area contributed by atoms with Crippen molar-refractivity contribution in [2.24, 2.45) is 0 Å². The first kappa shape index (κ1) is 19.3. The Hall–Kier alpha value is -2.48. The van der Waals surface area contributed by atoms with E-state index in [4.69, 9.17) is 4.74 Å². The lowest BCUT2D eigenvalue weighted by molar-refractivity contribution is -0.137. The molecule has 1 aromatic carbocycles. The molecule has 0 spiro atoms. The summed E-state index contributed by atoms with van der Waals surface area (Å²) in [5, 5.41) is 6.33. The number of benzene rings is 1. The van der Waals surface area contributed by atoms with Crippen LogP contribution >= 0.6 is 0 Å². The number of hydrogen-bond acceptors (Lipinski definition) is 5. The number of methoxy groups -OCH3 is 1. The number of nitrogens with one attached hydrogen (secondary N) is 2. The molecule has 2 heterocycles. The van der Waals surface area contributed by atoms with Crippen LogP contribution in [0.2, 0.25) is 0 Å². The van der Waals surface area contributed by atoms with E-state index >= 15 is 0 Å². The Bertz CT molecular complexity index is 757. The second-order valence-electron chi connectivity index (χ2n) is 6.49. The van der Waals surface area contributed by atoms with Crippen molar-refractivity contribution in [3.8, 4) is 5.75 Å². The predicted molar refractivity (Wildman–Crippen MR) is 99.8 cm³/mol. The van der Waals surface area contributed by atoms with Gasteiger partial charge < -0.3 is 20.3 Å². The molecule has 1 aliphatic rings. The topological polar surface area (TPSA) is 49.4 Å². The summed E-state index contributed by atoms with van der Waals surface area (Å²) in [6, 6.07) is 8.63. The van der Waals surface area contributed by atoms with E-state index in [1.807, 2.05) is 25.2 Å². The molecule has 0 saturated carbocycles. The van der Waals surface area contributed by atoms with Crippen LogP contribution in [0.3, 0.4) is 0 Å². The van der Waals surface area contributed by atoms with Gasteiger partial charge in [0.1, 0.15) is 11.6 Å². The zero-order valence-corrected chi connectivity index (χ0v) is 15.3. The summed E-state index contributed by atoms with van der Waals surface area (Å²) in [5.41, 5.74) is 0.936. The number of nitrogens with zero attached hydrogens (tertiary/aromatic N) is 2. The van der Waals surface area contributed by atoms with E-state index in [0.29, 0.717) is 23.3 Å². The zero-order chi connectivity index (χ0) is 19.4. The van der Waals surface area contributed by atoms with Crippen molar-refractivity contribution in [2.45, 2.75) is 25.1 Å². The second-order valence-corrected chi connectivity index (χ2v) is 6.49. The number of anilines is 3. The lowest BCUT2D eigenvalue weighted by Crippen LogP contribution is -2.41. The first-order chi connectivity index (χ1) is 12.9. The van der Waals surface area contributed by atoms with Crippen LogP contribution in [0, 0.1) is 0 Å². The average Bonchev–Trinajstić information content (AvgIpc) is 2.68. The maximum atomic E-state index is 12.6. The van der Waals surface area contributed by atoms with Gasteiger partial charge in [0.2, 0.25) is 0 Å². The number of ether oxygens (including phenoxy) is 1. The highest BCUT2D eigenvalue weighted by Gasteiger charge is 2.30. The lowest BCUT2D eigenvalue weighted by Gasteiger charge is -2.33. The fraction of sp³-hybridized carbons (Fsp3) is 0.421. The van der Waals surface area contributed by atoms with Gasteiger partial charge in [-0.15, -0.1) is 0 Å². The molecule has 27 heavy (non-hydrogen) atoms. The average molecular weight is 380 g/mol. The SMILES string of the molecule is CNC1CCN(c2ccc(Nc3ccc(C(F)(F)F)cn3)c(OC)c2)CC1. The molecule has 0 atom stereocenters. The molecule has 5 nitrogen and oxygen atoms in total. The van der Waals surface area contributed by atoms with Gasteiger partial charge in [-0.05, 0) is 44.2 Å². The molecule has 146 valence electrons. The zero-order valence-electron chi connectivity index (χ0n) is 15.3. The second kappa shape index (κ2) is 8.04. The molecule has 0 unspecified atom stereocenters. The first-order valence-electron chi connectivity index (χ1n) is 8.81. The molecule has 3 rings (SSSR count). The Morgan fingerprint density at radius 1 is 1.15 bits per heavy atom. The molecule has 1 fully saturated rings. The molecule has 1 aromatic heterocycles. The highest BCUT2D eigenvalue weighted by atomic mass is 19.4. The molecule has 2 N–H and O–H groups in total. The van der Waals surface area contributed by atoms with E-state index in [-0.39, 0.29) is 0 Å². The Morgan fingerprint density at radius 3 is 2.44 bits per heavy atom. The first-order valence-corrected chi connectivity index (χ1v) is 8.81. The van der Waals surface area contributed by atoms with E-state index in [0.717, 1.165) is 43.9 Å². The van der Waals surface area contributed by atoms with Crippen LogP contribution in [0.25, 0.3) is 0 Å². The van der Waals surface area contributed by atoms with Crippen LogP contribution in [0.4, 0.5) is 30.4 Å². The molecular formula is C19H23F3N4O. The van der Waals surface area contributed by atoms with E-state index < -0.39 is 11.7 Å². The summed E-state index contributed by atoms with van der Waals surface area (Å²) in [6.07, 6.45) is -1.43. The minimum absolute atomic E-state index is 0.323. The molecule has 0 bridgehead atoms. The summed E-state index contributed by atoms with van der Waals surface area (Å²) in [7, 11) is 3.55. The lowest BCUT2D eigenvalue weighted by atomic mass is 10.0. The summed E-state index contributed by atoms with van der Waals surface area (Å²) in [6.45, 7) is 1.92. The normalized spacial score (nSPS) is 15.7. The third kappa shape index (κ3) is 4.63. The van der Waals surface area contributed by atoms with Crippen molar-refractivity contribution in [2.75, 3.05) is 37.5 Å². The van der Waals surface area contributed by atoms with Crippen LogP contribution < -0.4 is 20.3 Å². The fourth-order valence-electron chi connectivity index (χ4n) is 3.18. The third-order valence-corrected chi connectivity index (χ3v) is 4.81. The van der Waals surface area contributed by atoms with Crippen LogP contribution in [0.15, 0.2) is 36.5 Å². The summed E-state index contributed by atoms with van der Waals surface area (Å²) >= 11 is 0. The standard InChI is InChI=1S/C19H23F3N4O/c1-23-14-7-9-26(10-8-14)15-4-5-16(17(11-15)27-2)25-18-6-3-13(12-24-18)19(20,21)22/h3-6,11-12,14,23H,7-10H2,1-2H3,(H,24,25). The van der Waals surface area contributed by atoms with Gasteiger partial charge >= 0.3 is 6.18 Å². The molecule has 0 radical (unpaired) electrons. The van der Waals surface area contributed by atoms with Gasteiger partial charge in [0.15, 0.2) is 0 Å². The Labute approximate surface area is 156 Å². The van der Waals surface area contributed by atoms with Crippen molar-refractivity contribution in [3.05, 3.63) is 42.1 Å². The van der Waals surface area contributed by atoms with Crippen molar-refractivity contribution in [3.63, 3.8) is 0 Å². The molecule has 0 amide bonds. The van der Waals surface area contributed by atoms with Crippen molar-refractivity contribution in [1.82, 2.24) is 10.3 Å². The maximum absolute atomic E-state index is 12.6. The van der Waals surface area contributed by atoms with E-state index in [9.17, 15) is 13.2 Å². The summed E-state index contributed by atoms with van der Waals surface area (Å²) in [4.78, 5) is 6.14. The van der Waals surface area contributed by atoms with Gasteiger partial charge in [0.25, 0.3) is 0 Å². The number of alkyl halides is 3. The number of rotatable bonds is 5. The molecule has 1 aliphatic heterocycles. The molecule has 2 aromatic rings. The van der Waals surface area contributed by atoms with Gasteiger partial charge in [-0.25, -0.2) is 4.98 Å². The van der Waals surface area contributed by atoms with Gasteiger partial charge in [0, 0.05) is 37.1 Å². The smallest absolute Gasteiger partial charge is 0.417 e. The van der Waals surface area contributed by atoms with Gasteiger partial charge in [-0.1, -0.05) is 0 Å². The van der Waals surface area contributed by atoms with Crippen LogP contribution in [0.1, 0.15) is 18.4 Å². The largest absolute Gasteiger partial charge is 0.494 e. The fourth-order valence-corrected chi connectivity index (χ4v) is 3.18. The minimum Gasteiger partial charge on any atom is -0.494 e. The predicted octanol–water partition coefficient (Wildman–Crippen LogP) is 4.04. The summed E-state index contributed by atoms with van der Waals surface area (Å²) < 4.78 is 43.4. The van der Waals surface area contributed by atoms with Crippen LogP contribution in [0.5, 0.6) is 5.75 Å². The number of aromatic nitrogens is 1. The van der Waals surface area contributed by atoms with Crippen LogP contribution in [-0.2, 0) is 6.18 Å². The van der Waals surface area contributed by atoms with Crippen molar-refractivity contribution >= 4 is 17.2 Å². The quantitative estimate of drug-likeness (QED) is 0.820. The van der Waals surface area contributed by atoms with Gasteiger partial charge in [-0.2, -0.15) is 13.2 Å².